The topological polar surface area (TPSA) is 58.9 Å². The zero-order valence-electron chi connectivity index (χ0n) is 9.00. The first-order valence-corrected chi connectivity index (χ1v) is 4.51. The second-order valence-electron chi connectivity index (χ2n) is 3.24. The van der Waals surface area contributed by atoms with E-state index in [-0.39, 0.29) is 12.3 Å². The van der Waals surface area contributed by atoms with Gasteiger partial charge in [0.2, 0.25) is 6.08 Å². The lowest BCUT2D eigenvalue weighted by atomic mass is 10.0. The van der Waals surface area contributed by atoms with Crippen molar-refractivity contribution in [2.24, 2.45) is 4.99 Å². The first-order valence-electron chi connectivity index (χ1n) is 4.51. The molecule has 0 atom stereocenters. The number of hydrogen-bond donors (Lipinski definition) is 1. The highest BCUT2D eigenvalue weighted by molar-refractivity contribution is 5.52. The number of ether oxygens (including phenoxy) is 1. The zero-order chi connectivity index (χ0) is 11.4. The van der Waals surface area contributed by atoms with Gasteiger partial charge in [-0.1, -0.05) is 0 Å². The third kappa shape index (κ3) is 2.17. The minimum Gasteiger partial charge on any atom is -0.507 e. The number of methoxy groups -OCH3 is 1. The van der Waals surface area contributed by atoms with Crippen LogP contribution in [-0.2, 0) is 11.3 Å². The molecule has 80 valence electrons. The number of isocyanates is 1. The third-order valence-electron chi connectivity index (χ3n) is 2.43. The molecule has 0 saturated carbocycles. The van der Waals surface area contributed by atoms with Crippen molar-refractivity contribution in [2.75, 3.05) is 7.11 Å². The Morgan fingerprint density at radius 1 is 1.47 bits per heavy atom. The van der Waals surface area contributed by atoms with Gasteiger partial charge in [0.15, 0.2) is 0 Å². The predicted molar refractivity (Wildman–Crippen MR) is 56.0 cm³/mol. The lowest BCUT2D eigenvalue weighted by Gasteiger charge is -2.12. The van der Waals surface area contributed by atoms with Crippen LogP contribution in [0, 0.1) is 13.8 Å². The minimum absolute atomic E-state index is 0.118. The van der Waals surface area contributed by atoms with Gasteiger partial charge in [0, 0.05) is 5.56 Å². The van der Waals surface area contributed by atoms with Gasteiger partial charge in [0.25, 0.3) is 0 Å². The van der Waals surface area contributed by atoms with E-state index in [2.05, 4.69) is 4.99 Å². The van der Waals surface area contributed by atoms with Gasteiger partial charge in [-0.3, -0.25) is 0 Å². The summed E-state index contributed by atoms with van der Waals surface area (Å²) in [5, 5.41) is 9.78. The molecule has 1 rings (SSSR count). The summed E-state index contributed by atoms with van der Waals surface area (Å²) in [5.74, 6) is 0.841. The number of phenolic OH excluding ortho intramolecular Hbond substituents is 1. The molecule has 0 heterocycles. The molecular formula is C11H13NO3. The van der Waals surface area contributed by atoms with Crippen molar-refractivity contribution in [3.63, 3.8) is 0 Å². The molecule has 0 fully saturated rings. The van der Waals surface area contributed by atoms with Crippen LogP contribution >= 0.6 is 0 Å². The first-order chi connectivity index (χ1) is 7.11. The Balaban J connectivity index is 3.28. The van der Waals surface area contributed by atoms with Gasteiger partial charge in [-0.2, -0.15) is 0 Å². The maximum Gasteiger partial charge on any atom is 0.235 e. The molecule has 0 aliphatic rings. The van der Waals surface area contributed by atoms with Gasteiger partial charge in [-0.05, 0) is 31.0 Å². The first kappa shape index (κ1) is 11.3. The summed E-state index contributed by atoms with van der Waals surface area (Å²) in [6, 6.07) is 1.68. The Morgan fingerprint density at radius 3 is 2.67 bits per heavy atom. The van der Waals surface area contributed by atoms with Crippen molar-refractivity contribution < 1.29 is 14.6 Å². The Labute approximate surface area is 88.2 Å². The number of aromatic hydroxyl groups is 1. The van der Waals surface area contributed by atoms with E-state index >= 15 is 0 Å². The third-order valence-corrected chi connectivity index (χ3v) is 2.43. The highest BCUT2D eigenvalue weighted by atomic mass is 16.5. The second-order valence-corrected chi connectivity index (χ2v) is 3.24. The predicted octanol–water partition coefficient (Wildman–Crippen LogP) is 1.85. The van der Waals surface area contributed by atoms with Crippen molar-refractivity contribution in [1.29, 1.82) is 0 Å². The van der Waals surface area contributed by atoms with Crippen LogP contribution in [0.25, 0.3) is 0 Å². The Bertz CT molecular complexity index is 420. The standard InChI is InChI=1S/C11H13NO3/c1-7-8(2)11(14)9(5-12-6-13)4-10(7)15-3/h4,14H,5H2,1-3H3. The number of nitrogens with zero attached hydrogens (tertiary/aromatic N) is 1. The Morgan fingerprint density at radius 2 is 2.13 bits per heavy atom. The zero-order valence-corrected chi connectivity index (χ0v) is 9.00. The van der Waals surface area contributed by atoms with Crippen LogP contribution in [0.5, 0.6) is 11.5 Å². The van der Waals surface area contributed by atoms with Crippen LogP contribution in [0.3, 0.4) is 0 Å². The van der Waals surface area contributed by atoms with Gasteiger partial charge < -0.3 is 9.84 Å². The van der Waals surface area contributed by atoms with E-state index < -0.39 is 0 Å². The number of hydrogen-bond acceptors (Lipinski definition) is 4. The average Bonchev–Trinajstić information content (AvgIpc) is 2.25. The molecule has 0 radical (unpaired) electrons. The highest BCUT2D eigenvalue weighted by Crippen LogP contribution is 2.32. The lowest BCUT2D eigenvalue weighted by Crippen LogP contribution is -1.94. The minimum atomic E-state index is 0.118. The second kappa shape index (κ2) is 4.62. The molecule has 0 aliphatic heterocycles. The van der Waals surface area contributed by atoms with Crippen LogP contribution in [0.1, 0.15) is 16.7 Å². The van der Waals surface area contributed by atoms with Crippen molar-refractivity contribution in [3.8, 4) is 11.5 Å². The van der Waals surface area contributed by atoms with E-state index in [0.29, 0.717) is 11.3 Å². The molecular weight excluding hydrogens is 194 g/mol. The maximum absolute atomic E-state index is 9.99. The fourth-order valence-electron chi connectivity index (χ4n) is 1.39. The van der Waals surface area contributed by atoms with Gasteiger partial charge in [-0.15, -0.1) is 0 Å². The van der Waals surface area contributed by atoms with Crippen LogP contribution in [0.2, 0.25) is 0 Å². The molecule has 15 heavy (non-hydrogen) atoms. The van der Waals surface area contributed by atoms with Crippen molar-refractivity contribution in [3.05, 3.63) is 22.8 Å². The SMILES string of the molecule is COc1cc(CN=C=O)c(O)c(C)c1C. The van der Waals surface area contributed by atoms with E-state index in [1.807, 2.05) is 6.92 Å². The summed E-state index contributed by atoms with van der Waals surface area (Å²) < 4.78 is 5.15. The molecule has 0 aliphatic carbocycles. The van der Waals surface area contributed by atoms with Gasteiger partial charge >= 0.3 is 0 Å². The monoisotopic (exact) mass is 207 g/mol. The van der Waals surface area contributed by atoms with Crippen LogP contribution < -0.4 is 4.74 Å². The van der Waals surface area contributed by atoms with E-state index in [1.165, 1.54) is 6.08 Å². The molecule has 1 N–H and O–H groups in total. The quantitative estimate of drug-likeness (QED) is 0.607. The molecule has 0 aromatic heterocycles. The molecule has 0 amide bonds. The van der Waals surface area contributed by atoms with E-state index in [0.717, 1.165) is 11.1 Å². The van der Waals surface area contributed by atoms with Crippen molar-refractivity contribution in [2.45, 2.75) is 20.4 Å². The Hall–Kier alpha value is -1.80. The average molecular weight is 207 g/mol. The van der Waals surface area contributed by atoms with Crippen LogP contribution in [0.15, 0.2) is 11.1 Å². The maximum atomic E-state index is 9.99. The number of benzene rings is 1. The number of carbonyl (C=O) groups excluding carboxylic acids is 1. The smallest absolute Gasteiger partial charge is 0.235 e. The normalized spacial score (nSPS) is 9.53. The summed E-state index contributed by atoms with van der Waals surface area (Å²) in [6.07, 6.45) is 1.44. The summed E-state index contributed by atoms with van der Waals surface area (Å²) >= 11 is 0. The number of phenols is 1. The molecule has 4 nitrogen and oxygen atoms in total. The lowest BCUT2D eigenvalue weighted by molar-refractivity contribution is 0.406. The summed E-state index contributed by atoms with van der Waals surface area (Å²) in [6.45, 7) is 3.77. The molecule has 4 heteroatoms. The molecule has 1 aromatic rings. The van der Waals surface area contributed by atoms with Gasteiger partial charge in [0.1, 0.15) is 11.5 Å². The van der Waals surface area contributed by atoms with E-state index in [1.54, 1.807) is 20.1 Å². The molecule has 1 aromatic carbocycles. The fraction of sp³-hybridized carbons (Fsp3) is 0.364. The van der Waals surface area contributed by atoms with Crippen LogP contribution in [-0.4, -0.2) is 18.3 Å². The van der Waals surface area contributed by atoms with E-state index in [9.17, 15) is 9.90 Å². The highest BCUT2D eigenvalue weighted by Gasteiger charge is 2.11. The number of rotatable bonds is 3. The van der Waals surface area contributed by atoms with E-state index in [4.69, 9.17) is 4.74 Å². The largest absolute Gasteiger partial charge is 0.507 e. The molecule has 0 unspecified atom stereocenters. The fourth-order valence-corrected chi connectivity index (χ4v) is 1.39. The summed E-state index contributed by atoms with van der Waals surface area (Å²) in [4.78, 5) is 13.4. The Kier molecular flexibility index (Phi) is 3.47. The van der Waals surface area contributed by atoms with Gasteiger partial charge in [0.05, 0.1) is 13.7 Å². The van der Waals surface area contributed by atoms with Gasteiger partial charge in [-0.25, -0.2) is 9.79 Å². The summed E-state index contributed by atoms with van der Waals surface area (Å²) in [7, 11) is 1.56. The summed E-state index contributed by atoms with van der Waals surface area (Å²) in [5.41, 5.74) is 2.19. The number of aliphatic imine (C=N–C) groups is 1. The molecule has 0 bridgehead atoms. The molecule has 0 saturated heterocycles. The van der Waals surface area contributed by atoms with Crippen molar-refractivity contribution >= 4 is 6.08 Å². The van der Waals surface area contributed by atoms with Crippen molar-refractivity contribution in [1.82, 2.24) is 0 Å². The van der Waals surface area contributed by atoms with Crippen LogP contribution in [0.4, 0.5) is 0 Å². The molecule has 0 spiro atoms.